The van der Waals surface area contributed by atoms with Crippen LogP contribution in [0.4, 0.5) is 0 Å². The van der Waals surface area contributed by atoms with Gasteiger partial charge in [0, 0.05) is 0 Å². The maximum Gasteiger partial charge on any atom is 0.257 e. The molecule has 0 spiro atoms. The third-order valence-electron chi connectivity index (χ3n) is 3.85. The molecular formula is C15H21NO5. The quantitative estimate of drug-likeness (QED) is 0.887. The van der Waals surface area contributed by atoms with E-state index in [2.05, 4.69) is 0 Å². The van der Waals surface area contributed by atoms with Crippen LogP contribution in [0.15, 0.2) is 12.1 Å². The topological polar surface area (TPSA) is 68.2 Å². The Bertz CT molecular complexity index is 537. The first-order valence-electron chi connectivity index (χ1n) is 6.80. The average molecular weight is 295 g/mol. The van der Waals surface area contributed by atoms with Crippen LogP contribution in [0.25, 0.3) is 0 Å². The fourth-order valence-corrected chi connectivity index (χ4v) is 2.47. The fraction of sp³-hybridized carbons (Fsp3) is 0.533. The molecule has 1 aromatic rings. The first-order chi connectivity index (χ1) is 9.99. The average Bonchev–Trinajstić information content (AvgIpc) is 2.49. The van der Waals surface area contributed by atoms with Crippen LogP contribution in [-0.2, 0) is 0 Å². The van der Waals surface area contributed by atoms with Gasteiger partial charge in [0.25, 0.3) is 5.91 Å². The van der Waals surface area contributed by atoms with Crippen molar-refractivity contribution in [2.75, 3.05) is 34.4 Å². The summed E-state index contributed by atoms with van der Waals surface area (Å²) in [6.45, 7) is 2.57. The second-order valence-electron chi connectivity index (χ2n) is 5.12. The van der Waals surface area contributed by atoms with Crippen molar-refractivity contribution in [3.05, 3.63) is 17.7 Å². The number of hydrogen-bond donors (Lipinski definition) is 1. The van der Waals surface area contributed by atoms with Gasteiger partial charge in [-0.15, -0.1) is 0 Å². The van der Waals surface area contributed by atoms with Crippen LogP contribution < -0.4 is 14.2 Å². The minimum absolute atomic E-state index is 0.189. The lowest BCUT2D eigenvalue weighted by Gasteiger charge is -2.46. The number of benzene rings is 1. The molecular weight excluding hydrogens is 274 g/mol. The number of methoxy groups -OCH3 is 3. The highest BCUT2D eigenvalue weighted by molar-refractivity contribution is 5.99. The summed E-state index contributed by atoms with van der Waals surface area (Å²) in [5.41, 5.74) is -0.368. The standard InChI is InChI=1S/C15H21NO5/c1-5-15(18)8-16(9-15)14(17)10-6-7-11(19-2)13(21-4)12(10)20-3/h6-7,18H,5,8-9H2,1-4H3. The van der Waals surface area contributed by atoms with E-state index in [1.165, 1.54) is 21.3 Å². The van der Waals surface area contributed by atoms with Crippen LogP contribution in [0.2, 0.25) is 0 Å². The van der Waals surface area contributed by atoms with E-state index in [0.29, 0.717) is 42.3 Å². The predicted octanol–water partition coefficient (Wildman–Crippen LogP) is 1.31. The smallest absolute Gasteiger partial charge is 0.257 e. The van der Waals surface area contributed by atoms with Gasteiger partial charge < -0.3 is 24.2 Å². The highest BCUT2D eigenvalue weighted by Gasteiger charge is 2.43. The molecule has 0 radical (unpaired) electrons. The number of aliphatic hydroxyl groups is 1. The summed E-state index contributed by atoms with van der Waals surface area (Å²) in [5, 5.41) is 10.0. The van der Waals surface area contributed by atoms with E-state index in [1.54, 1.807) is 17.0 Å². The van der Waals surface area contributed by atoms with Gasteiger partial charge in [0.05, 0.1) is 45.6 Å². The molecule has 2 rings (SSSR count). The number of β-amino-alcohol motifs (C(OH)–C–C–N with tert-alkyl or cyclic N) is 1. The van der Waals surface area contributed by atoms with Crippen LogP contribution in [0.3, 0.4) is 0 Å². The van der Waals surface area contributed by atoms with Crippen LogP contribution in [0.1, 0.15) is 23.7 Å². The first kappa shape index (κ1) is 15.4. The third-order valence-corrected chi connectivity index (χ3v) is 3.85. The second kappa shape index (κ2) is 5.81. The molecule has 0 aromatic heterocycles. The lowest BCUT2D eigenvalue weighted by molar-refractivity contribution is -0.0827. The van der Waals surface area contributed by atoms with E-state index >= 15 is 0 Å². The summed E-state index contributed by atoms with van der Waals surface area (Å²) >= 11 is 0. The van der Waals surface area contributed by atoms with Gasteiger partial charge in [0.2, 0.25) is 5.75 Å². The number of hydrogen-bond acceptors (Lipinski definition) is 5. The molecule has 0 bridgehead atoms. The fourth-order valence-electron chi connectivity index (χ4n) is 2.47. The van der Waals surface area contributed by atoms with E-state index in [1.807, 2.05) is 6.92 Å². The molecule has 1 fully saturated rings. The van der Waals surface area contributed by atoms with Gasteiger partial charge in [-0.3, -0.25) is 4.79 Å². The minimum Gasteiger partial charge on any atom is -0.493 e. The molecule has 1 aliphatic rings. The van der Waals surface area contributed by atoms with Gasteiger partial charge in [-0.05, 0) is 18.6 Å². The summed E-state index contributed by atoms with van der Waals surface area (Å²) in [7, 11) is 4.50. The van der Waals surface area contributed by atoms with Crippen molar-refractivity contribution in [3.8, 4) is 17.2 Å². The Labute approximate surface area is 124 Å². The zero-order valence-corrected chi connectivity index (χ0v) is 12.8. The van der Waals surface area contributed by atoms with Gasteiger partial charge in [0.15, 0.2) is 11.5 Å². The van der Waals surface area contributed by atoms with Gasteiger partial charge in [-0.1, -0.05) is 6.92 Å². The number of nitrogens with zero attached hydrogens (tertiary/aromatic N) is 1. The highest BCUT2D eigenvalue weighted by atomic mass is 16.5. The zero-order chi connectivity index (χ0) is 15.6. The minimum atomic E-state index is -0.764. The van der Waals surface area contributed by atoms with Gasteiger partial charge in [-0.25, -0.2) is 0 Å². The number of carbonyl (C=O) groups is 1. The van der Waals surface area contributed by atoms with Crippen molar-refractivity contribution < 1.29 is 24.1 Å². The summed E-state index contributed by atoms with van der Waals surface area (Å²) in [6.07, 6.45) is 0.625. The van der Waals surface area contributed by atoms with Crippen molar-refractivity contribution in [2.24, 2.45) is 0 Å². The molecule has 1 aromatic carbocycles. The zero-order valence-electron chi connectivity index (χ0n) is 12.8. The van der Waals surface area contributed by atoms with Crippen LogP contribution in [0, 0.1) is 0 Å². The van der Waals surface area contributed by atoms with Crippen molar-refractivity contribution in [1.82, 2.24) is 4.90 Å². The maximum atomic E-state index is 12.5. The van der Waals surface area contributed by atoms with Crippen molar-refractivity contribution in [2.45, 2.75) is 18.9 Å². The van der Waals surface area contributed by atoms with Gasteiger partial charge in [-0.2, -0.15) is 0 Å². The molecule has 0 atom stereocenters. The van der Waals surface area contributed by atoms with E-state index in [-0.39, 0.29) is 5.91 Å². The van der Waals surface area contributed by atoms with Gasteiger partial charge in [0.1, 0.15) is 0 Å². The molecule has 1 heterocycles. The Kier molecular flexibility index (Phi) is 4.27. The number of rotatable bonds is 5. The third kappa shape index (κ3) is 2.63. The molecule has 1 aliphatic heterocycles. The number of likely N-dealkylation sites (tertiary alicyclic amines) is 1. The highest BCUT2D eigenvalue weighted by Crippen LogP contribution is 2.41. The van der Waals surface area contributed by atoms with E-state index in [4.69, 9.17) is 14.2 Å². The van der Waals surface area contributed by atoms with Gasteiger partial charge >= 0.3 is 0 Å². The predicted molar refractivity (Wildman–Crippen MR) is 77.2 cm³/mol. The SMILES string of the molecule is CCC1(O)CN(C(=O)c2ccc(OC)c(OC)c2OC)C1. The van der Waals surface area contributed by atoms with Crippen LogP contribution in [0.5, 0.6) is 17.2 Å². The molecule has 1 saturated heterocycles. The Morgan fingerprint density at radius 3 is 2.29 bits per heavy atom. The van der Waals surface area contributed by atoms with Crippen LogP contribution in [-0.4, -0.2) is 55.9 Å². The van der Waals surface area contributed by atoms with Crippen molar-refractivity contribution in [1.29, 1.82) is 0 Å². The largest absolute Gasteiger partial charge is 0.493 e. The second-order valence-corrected chi connectivity index (χ2v) is 5.12. The molecule has 6 nitrogen and oxygen atoms in total. The van der Waals surface area contributed by atoms with E-state index in [9.17, 15) is 9.90 Å². The summed E-state index contributed by atoms with van der Waals surface area (Å²) < 4.78 is 15.8. The van der Waals surface area contributed by atoms with Crippen LogP contribution >= 0.6 is 0 Å². The van der Waals surface area contributed by atoms with E-state index in [0.717, 1.165) is 0 Å². The Morgan fingerprint density at radius 2 is 1.81 bits per heavy atom. The number of amides is 1. The first-order valence-corrected chi connectivity index (χ1v) is 6.80. The molecule has 1 N–H and O–H groups in total. The summed E-state index contributed by atoms with van der Waals surface area (Å²) in [6, 6.07) is 3.31. The Morgan fingerprint density at radius 1 is 1.19 bits per heavy atom. The number of ether oxygens (including phenoxy) is 3. The maximum absolute atomic E-state index is 12.5. The molecule has 116 valence electrons. The molecule has 0 aliphatic carbocycles. The summed E-state index contributed by atoms with van der Waals surface area (Å²) in [5.74, 6) is 1.04. The Hall–Kier alpha value is -1.95. The summed E-state index contributed by atoms with van der Waals surface area (Å²) in [4.78, 5) is 14.1. The normalized spacial score (nSPS) is 16.1. The lowest BCUT2D eigenvalue weighted by Crippen LogP contribution is -2.63. The van der Waals surface area contributed by atoms with Crippen molar-refractivity contribution >= 4 is 5.91 Å². The Balaban J connectivity index is 2.30. The molecule has 0 unspecified atom stereocenters. The molecule has 6 heteroatoms. The molecule has 1 amide bonds. The van der Waals surface area contributed by atoms with Crippen molar-refractivity contribution in [3.63, 3.8) is 0 Å². The molecule has 0 saturated carbocycles. The number of carbonyl (C=O) groups excluding carboxylic acids is 1. The monoisotopic (exact) mass is 295 g/mol. The van der Waals surface area contributed by atoms with E-state index < -0.39 is 5.60 Å². The lowest BCUT2D eigenvalue weighted by atomic mass is 9.90. The molecule has 21 heavy (non-hydrogen) atoms.